The molecule has 0 aliphatic heterocycles. The molecule has 1 amide bonds. The molecule has 0 saturated heterocycles. The number of rotatable bonds is 2. The Morgan fingerprint density at radius 2 is 1.94 bits per heavy atom. The first-order valence-electron chi connectivity index (χ1n) is 6.70. The van der Waals surface area contributed by atoms with Crippen molar-refractivity contribution in [3.63, 3.8) is 0 Å². The van der Waals surface area contributed by atoms with Crippen LogP contribution in [0.1, 0.15) is 60.3 Å². The van der Waals surface area contributed by atoms with Crippen molar-refractivity contribution in [3.8, 4) is 0 Å². The standard InChI is InChI=1S/C14H27NO3/c1-12(2,3)18-11(17)15-14(10-16)8-6-7-13(4,5)9-14/h16H,6-10H2,1-5H3,(H,15,17). The van der Waals surface area contributed by atoms with E-state index in [2.05, 4.69) is 19.2 Å². The topological polar surface area (TPSA) is 58.6 Å². The lowest BCUT2D eigenvalue weighted by Crippen LogP contribution is -2.56. The van der Waals surface area contributed by atoms with E-state index < -0.39 is 17.2 Å². The average molecular weight is 257 g/mol. The van der Waals surface area contributed by atoms with Crippen molar-refractivity contribution >= 4 is 6.09 Å². The summed E-state index contributed by atoms with van der Waals surface area (Å²) >= 11 is 0. The van der Waals surface area contributed by atoms with Gasteiger partial charge in [-0.3, -0.25) is 0 Å². The fourth-order valence-corrected chi connectivity index (χ4v) is 2.80. The number of aliphatic hydroxyl groups is 1. The highest BCUT2D eigenvalue weighted by Gasteiger charge is 2.41. The number of aliphatic hydroxyl groups excluding tert-OH is 1. The van der Waals surface area contributed by atoms with Crippen molar-refractivity contribution in [2.75, 3.05) is 6.61 Å². The van der Waals surface area contributed by atoms with Gasteiger partial charge in [0.25, 0.3) is 0 Å². The Labute approximate surface area is 110 Å². The molecule has 0 heterocycles. The van der Waals surface area contributed by atoms with Gasteiger partial charge < -0.3 is 15.2 Å². The predicted octanol–water partition coefficient (Wildman–Crippen LogP) is 2.84. The van der Waals surface area contributed by atoms with E-state index in [-0.39, 0.29) is 12.0 Å². The Kier molecular flexibility index (Phi) is 4.31. The average Bonchev–Trinajstić information content (AvgIpc) is 2.12. The van der Waals surface area contributed by atoms with E-state index in [1.165, 1.54) is 0 Å². The summed E-state index contributed by atoms with van der Waals surface area (Å²) in [5.74, 6) is 0. The van der Waals surface area contributed by atoms with Gasteiger partial charge in [-0.25, -0.2) is 4.79 Å². The van der Waals surface area contributed by atoms with Crippen LogP contribution in [0.15, 0.2) is 0 Å². The molecule has 4 heteroatoms. The third-order valence-electron chi connectivity index (χ3n) is 3.39. The number of hydrogen-bond acceptors (Lipinski definition) is 3. The monoisotopic (exact) mass is 257 g/mol. The molecule has 1 unspecified atom stereocenters. The Balaban J connectivity index is 2.68. The van der Waals surface area contributed by atoms with Crippen LogP contribution in [0.3, 0.4) is 0 Å². The van der Waals surface area contributed by atoms with Crippen molar-refractivity contribution in [3.05, 3.63) is 0 Å². The molecule has 106 valence electrons. The zero-order valence-corrected chi connectivity index (χ0v) is 12.3. The summed E-state index contributed by atoms with van der Waals surface area (Å²) in [6.07, 6.45) is 3.31. The van der Waals surface area contributed by atoms with Gasteiger partial charge in [0.2, 0.25) is 0 Å². The smallest absolute Gasteiger partial charge is 0.408 e. The van der Waals surface area contributed by atoms with E-state index in [9.17, 15) is 9.90 Å². The first-order valence-corrected chi connectivity index (χ1v) is 6.70. The SMILES string of the molecule is CC1(C)CCCC(CO)(NC(=O)OC(C)(C)C)C1. The van der Waals surface area contributed by atoms with E-state index in [0.717, 1.165) is 25.7 Å². The molecular weight excluding hydrogens is 230 g/mol. The molecule has 18 heavy (non-hydrogen) atoms. The van der Waals surface area contributed by atoms with Gasteiger partial charge in [0.05, 0.1) is 12.1 Å². The van der Waals surface area contributed by atoms with E-state index in [1.54, 1.807) is 0 Å². The molecule has 1 aliphatic rings. The summed E-state index contributed by atoms with van der Waals surface area (Å²) < 4.78 is 5.27. The van der Waals surface area contributed by atoms with Crippen LogP contribution in [0, 0.1) is 5.41 Å². The minimum atomic E-state index is -0.524. The number of alkyl carbamates (subject to hydrolysis) is 1. The van der Waals surface area contributed by atoms with Crippen LogP contribution in [-0.2, 0) is 4.74 Å². The minimum Gasteiger partial charge on any atom is -0.444 e. The Hall–Kier alpha value is -0.770. The molecule has 1 saturated carbocycles. The minimum absolute atomic E-state index is 0.0321. The summed E-state index contributed by atoms with van der Waals surface area (Å²) in [5, 5.41) is 12.5. The Morgan fingerprint density at radius 3 is 2.39 bits per heavy atom. The Bertz CT molecular complexity index is 307. The van der Waals surface area contributed by atoms with Crippen molar-refractivity contribution in [1.82, 2.24) is 5.32 Å². The van der Waals surface area contributed by atoms with Gasteiger partial charge in [0, 0.05) is 0 Å². The molecule has 0 bridgehead atoms. The van der Waals surface area contributed by atoms with Crippen molar-refractivity contribution in [1.29, 1.82) is 0 Å². The number of amides is 1. The molecule has 1 rings (SSSR count). The van der Waals surface area contributed by atoms with Crippen molar-refractivity contribution in [2.45, 2.75) is 71.4 Å². The van der Waals surface area contributed by atoms with Gasteiger partial charge in [-0.05, 0) is 45.4 Å². The van der Waals surface area contributed by atoms with Gasteiger partial charge >= 0.3 is 6.09 Å². The van der Waals surface area contributed by atoms with Crippen LogP contribution in [0.2, 0.25) is 0 Å². The number of carbonyl (C=O) groups is 1. The molecule has 4 nitrogen and oxygen atoms in total. The van der Waals surface area contributed by atoms with Crippen LogP contribution in [0.5, 0.6) is 0 Å². The second kappa shape index (κ2) is 5.08. The summed E-state index contributed by atoms with van der Waals surface area (Å²) in [4.78, 5) is 11.9. The Morgan fingerprint density at radius 1 is 1.33 bits per heavy atom. The van der Waals surface area contributed by atoms with E-state index >= 15 is 0 Å². The highest BCUT2D eigenvalue weighted by Crippen LogP contribution is 2.40. The van der Waals surface area contributed by atoms with Crippen molar-refractivity contribution in [2.24, 2.45) is 5.41 Å². The zero-order valence-electron chi connectivity index (χ0n) is 12.3. The lowest BCUT2D eigenvalue weighted by Gasteiger charge is -2.44. The number of nitrogens with one attached hydrogen (secondary N) is 1. The predicted molar refractivity (Wildman–Crippen MR) is 71.4 cm³/mol. The van der Waals surface area contributed by atoms with Gasteiger partial charge in [0.15, 0.2) is 0 Å². The number of ether oxygens (including phenoxy) is 1. The summed E-state index contributed by atoms with van der Waals surface area (Å²) in [7, 11) is 0. The maximum atomic E-state index is 11.9. The summed E-state index contributed by atoms with van der Waals surface area (Å²) in [6.45, 7) is 9.82. The number of hydrogen-bond donors (Lipinski definition) is 2. The molecule has 1 atom stereocenters. The number of carbonyl (C=O) groups excluding carboxylic acids is 1. The molecule has 0 spiro atoms. The highest BCUT2D eigenvalue weighted by atomic mass is 16.6. The first-order chi connectivity index (χ1) is 8.08. The van der Waals surface area contributed by atoms with Gasteiger partial charge in [0.1, 0.15) is 5.60 Å². The quantitative estimate of drug-likeness (QED) is 0.799. The lowest BCUT2D eigenvalue weighted by atomic mass is 9.68. The van der Waals surface area contributed by atoms with E-state index in [1.807, 2.05) is 20.8 Å². The van der Waals surface area contributed by atoms with Crippen molar-refractivity contribution < 1.29 is 14.6 Å². The molecule has 1 fully saturated rings. The van der Waals surface area contributed by atoms with Gasteiger partial charge in [-0.1, -0.05) is 20.3 Å². The fourth-order valence-electron chi connectivity index (χ4n) is 2.80. The molecule has 2 N–H and O–H groups in total. The van der Waals surface area contributed by atoms with E-state index in [4.69, 9.17) is 4.74 Å². The molecule has 0 radical (unpaired) electrons. The summed E-state index contributed by atoms with van der Waals surface area (Å²) in [5.41, 5.74) is -0.884. The van der Waals surface area contributed by atoms with Gasteiger partial charge in [-0.15, -0.1) is 0 Å². The van der Waals surface area contributed by atoms with Crippen LogP contribution in [-0.4, -0.2) is 28.9 Å². The highest BCUT2D eigenvalue weighted by molar-refractivity contribution is 5.68. The molecule has 0 aromatic carbocycles. The maximum absolute atomic E-state index is 11.9. The molecule has 0 aromatic rings. The molecular formula is C14H27NO3. The van der Waals surface area contributed by atoms with E-state index in [0.29, 0.717) is 0 Å². The fraction of sp³-hybridized carbons (Fsp3) is 0.929. The van der Waals surface area contributed by atoms with Crippen LogP contribution >= 0.6 is 0 Å². The van der Waals surface area contributed by atoms with Gasteiger partial charge in [-0.2, -0.15) is 0 Å². The second-order valence-electron chi connectivity index (χ2n) is 7.26. The third-order valence-corrected chi connectivity index (χ3v) is 3.39. The maximum Gasteiger partial charge on any atom is 0.408 e. The van der Waals surface area contributed by atoms with Crippen LogP contribution < -0.4 is 5.32 Å². The largest absolute Gasteiger partial charge is 0.444 e. The third kappa shape index (κ3) is 4.48. The lowest BCUT2D eigenvalue weighted by molar-refractivity contribution is 0.0214. The summed E-state index contributed by atoms with van der Waals surface area (Å²) in [6, 6.07) is 0. The first kappa shape index (κ1) is 15.3. The van der Waals surface area contributed by atoms with Crippen LogP contribution in [0.25, 0.3) is 0 Å². The molecule has 0 aromatic heterocycles. The second-order valence-corrected chi connectivity index (χ2v) is 7.26. The zero-order chi connectivity index (χ0) is 14.0. The molecule has 1 aliphatic carbocycles. The van der Waals surface area contributed by atoms with Crippen LogP contribution in [0.4, 0.5) is 4.79 Å². The normalized spacial score (nSPS) is 27.7.